The molecule has 3 atom stereocenters. The topological polar surface area (TPSA) is 41.5 Å². The van der Waals surface area contributed by atoms with Crippen LogP contribution in [0.1, 0.15) is 33.6 Å². The lowest BCUT2D eigenvalue weighted by atomic mass is 9.71. The molecule has 1 heterocycles. The molecular formula is C13H20N2OS. The van der Waals surface area contributed by atoms with Crippen LogP contribution in [-0.2, 0) is 4.79 Å². The Bertz CT molecular complexity index is 404. The number of carbonyl (C=O) groups is 1. The molecule has 2 aliphatic carbocycles. The molecule has 3 unspecified atom stereocenters. The zero-order valence-corrected chi connectivity index (χ0v) is 11.6. The average Bonchev–Trinajstić information content (AvgIpc) is 2.86. The van der Waals surface area contributed by atoms with Gasteiger partial charge in [0, 0.05) is 12.5 Å². The predicted molar refractivity (Wildman–Crippen MR) is 71.3 cm³/mol. The quantitative estimate of drug-likeness (QED) is 0.777. The van der Waals surface area contributed by atoms with Crippen molar-refractivity contribution < 1.29 is 4.79 Å². The van der Waals surface area contributed by atoms with Crippen LogP contribution < -0.4 is 5.32 Å². The van der Waals surface area contributed by atoms with Crippen molar-refractivity contribution in [2.75, 3.05) is 13.1 Å². The summed E-state index contributed by atoms with van der Waals surface area (Å²) >= 11 is 1.68. The Morgan fingerprint density at radius 2 is 2.18 bits per heavy atom. The summed E-state index contributed by atoms with van der Waals surface area (Å²) < 4.78 is 0. The summed E-state index contributed by atoms with van der Waals surface area (Å²) in [6.45, 7) is 8.62. The highest BCUT2D eigenvalue weighted by molar-refractivity contribution is 8.15. The SMILES string of the molecule is CC1(C)C2CCC1(C)C(SC1=NCCN1)C2=O. The molecule has 1 aliphatic heterocycles. The lowest BCUT2D eigenvalue weighted by molar-refractivity contribution is -0.122. The van der Waals surface area contributed by atoms with Crippen LogP contribution in [0.2, 0.25) is 0 Å². The number of amidine groups is 1. The highest BCUT2D eigenvalue weighted by Gasteiger charge is 2.66. The van der Waals surface area contributed by atoms with Crippen LogP contribution in [0.25, 0.3) is 0 Å². The first-order chi connectivity index (χ1) is 7.97. The number of carbonyl (C=O) groups excluding carboxylic acids is 1. The zero-order valence-electron chi connectivity index (χ0n) is 10.7. The molecule has 0 aromatic rings. The Morgan fingerprint density at radius 1 is 1.41 bits per heavy atom. The van der Waals surface area contributed by atoms with Gasteiger partial charge in [0.2, 0.25) is 0 Å². The minimum Gasteiger partial charge on any atom is -0.363 e. The van der Waals surface area contributed by atoms with E-state index in [9.17, 15) is 4.79 Å². The van der Waals surface area contributed by atoms with E-state index in [1.807, 2.05) is 0 Å². The molecule has 4 heteroatoms. The number of ketones is 1. The van der Waals surface area contributed by atoms with Gasteiger partial charge in [-0.25, -0.2) is 0 Å². The van der Waals surface area contributed by atoms with Crippen molar-refractivity contribution in [3.63, 3.8) is 0 Å². The van der Waals surface area contributed by atoms with Crippen molar-refractivity contribution in [1.29, 1.82) is 0 Å². The Balaban J connectivity index is 1.88. The van der Waals surface area contributed by atoms with Gasteiger partial charge in [0.25, 0.3) is 0 Å². The molecule has 3 rings (SSSR count). The molecule has 0 saturated heterocycles. The van der Waals surface area contributed by atoms with Crippen molar-refractivity contribution in [2.45, 2.75) is 38.9 Å². The molecule has 1 N–H and O–H groups in total. The van der Waals surface area contributed by atoms with Gasteiger partial charge in [-0.05, 0) is 23.7 Å². The summed E-state index contributed by atoms with van der Waals surface area (Å²) in [4.78, 5) is 16.9. The molecule has 3 nitrogen and oxygen atoms in total. The van der Waals surface area contributed by atoms with Crippen molar-refractivity contribution in [3.05, 3.63) is 0 Å². The van der Waals surface area contributed by atoms with Crippen molar-refractivity contribution in [2.24, 2.45) is 21.7 Å². The van der Waals surface area contributed by atoms with Crippen LogP contribution in [0, 0.1) is 16.7 Å². The summed E-state index contributed by atoms with van der Waals surface area (Å²) in [5.74, 6) is 0.733. The van der Waals surface area contributed by atoms with E-state index in [1.165, 1.54) is 6.42 Å². The maximum absolute atomic E-state index is 12.5. The summed E-state index contributed by atoms with van der Waals surface area (Å²) in [6.07, 6.45) is 2.26. The third-order valence-electron chi connectivity index (χ3n) is 5.35. The zero-order chi connectivity index (χ0) is 12.3. The van der Waals surface area contributed by atoms with Crippen molar-refractivity contribution in [3.8, 4) is 0 Å². The van der Waals surface area contributed by atoms with E-state index >= 15 is 0 Å². The number of Topliss-reactive ketones (excluding diaryl/α,β-unsaturated/α-hetero) is 1. The summed E-state index contributed by atoms with van der Waals surface area (Å²) in [5.41, 5.74) is 0.299. The van der Waals surface area contributed by atoms with Crippen LogP contribution >= 0.6 is 11.8 Å². The fourth-order valence-corrected chi connectivity index (χ4v) is 5.28. The van der Waals surface area contributed by atoms with Gasteiger partial charge in [-0.15, -0.1) is 0 Å². The minimum absolute atomic E-state index is 0.112. The molecule has 0 aromatic carbocycles. The van der Waals surface area contributed by atoms with Crippen LogP contribution in [0.5, 0.6) is 0 Å². The molecule has 2 fully saturated rings. The Kier molecular flexibility index (Phi) is 2.38. The van der Waals surface area contributed by atoms with E-state index in [0.717, 1.165) is 24.7 Å². The number of aliphatic imine (C=N–C) groups is 1. The fraction of sp³-hybridized carbons (Fsp3) is 0.846. The second kappa shape index (κ2) is 3.50. The molecular weight excluding hydrogens is 232 g/mol. The lowest BCUT2D eigenvalue weighted by Crippen LogP contribution is -2.37. The smallest absolute Gasteiger partial charge is 0.157 e. The van der Waals surface area contributed by atoms with Gasteiger partial charge in [0.15, 0.2) is 5.17 Å². The first-order valence-corrected chi connectivity index (χ1v) is 7.33. The second-order valence-corrected chi connectivity index (χ2v) is 7.34. The number of fused-ring (bicyclic) bond motifs is 2. The van der Waals surface area contributed by atoms with Crippen LogP contribution in [0.3, 0.4) is 0 Å². The average molecular weight is 252 g/mol. The first-order valence-electron chi connectivity index (χ1n) is 6.45. The molecule has 0 radical (unpaired) electrons. The molecule has 0 spiro atoms. The third-order valence-corrected chi connectivity index (χ3v) is 6.83. The Hall–Kier alpha value is -0.510. The standard InChI is InChI=1S/C13H20N2OS/c1-12(2)8-4-5-13(12,3)10(9(8)16)17-11-14-6-7-15-11/h8,10H,4-7H2,1-3H3,(H,14,15). The van der Waals surface area contributed by atoms with Crippen LogP contribution in [0.4, 0.5) is 0 Å². The summed E-state index contributed by atoms with van der Waals surface area (Å²) in [7, 11) is 0. The van der Waals surface area contributed by atoms with Gasteiger partial charge in [0.1, 0.15) is 5.78 Å². The number of nitrogens with zero attached hydrogens (tertiary/aromatic N) is 1. The highest BCUT2D eigenvalue weighted by Crippen LogP contribution is 2.66. The largest absolute Gasteiger partial charge is 0.363 e. The maximum Gasteiger partial charge on any atom is 0.157 e. The van der Waals surface area contributed by atoms with Gasteiger partial charge >= 0.3 is 0 Å². The molecule has 0 aromatic heterocycles. The summed E-state index contributed by atoms with van der Waals surface area (Å²) in [5, 5.41) is 4.36. The molecule has 94 valence electrons. The van der Waals surface area contributed by atoms with Gasteiger partial charge in [-0.2, -0.15) is 0 Å². The molecule has 3 aliphatic rings. The van der Waals surface area contributed by atoms with Gasteiger partial charge in [0.05, 0.1) is 11.8 Å². The Labute approximate surface area is 107 Å². The van der Waals surface area contributed by atoms with Gasteiger partial charge in [-0.3, -0.25) is 9.79 Å². The van der Waals surface area contributed by atoms with E-state index in [2.05, 4.69) is 31.1 Å². The lowest BCUT2D eigenvalue weighted by Gasteiger charge is -2.37. The van der Waals surface area contributed by atoms with E-state index in [0.29, 0.717) is 5.78 Å². The van der Waals surface area contributed by atoms with Gasteiger partial charge < -0.3 is 5.32 Å². The number of hydrogen-bond donors (Lipinski definition) is 1. The monoisotopic (exact) mass is 252 g/mol. The number of thioether (sulfide) groups is 1. The van der Waals surface area contributed by atoms with E-state index in [4.69, 9.17) is 0 Å². The minimum atomic E-state index is 0.112. The molecule has 2 saturated carbocycles. The van der Waals surface area contributed by atoms with Gasteiger partial charge in [-0.1, -0.05) is 32.5 Å². The van der Waals surface area contributed by atoms with E-state index in [1.54, 1.807) is 11.8 Å². The van der Waals surface area contributed by atoms with Crippen LogP contribution in [0.15, 0.2) is 4.99 Å². The molecule has 0 amide bonds. The van der Waals surface area contributed by atoms with E-state index in [-0.39, 0.29) is 22.0 Å². The van der Waals surface area contributed by atoms with Crippen LogP contribution in [-0.4, -0.2) is 29.3 Å². The fourth-order valence-electron chi connectivity index (χ4n) is 3.74. The Morgan fingerprint density at radius 3 is 2.71 bits per heavy atom. The maximum atomic E-state index is 12.5. The van der Waals surface area contributed by atoms with Crippen molar-refractivity contribution >= 4 is 22.7 Å². The first kappa shape index (κ1) is 11.6. The normalized spacial score (nSPS) is 42.8. The number of rotatable bonds is 1. The highest BCUT2D eigenvalue weighted by atomic mass is 32.2. The van der Waals surface area contributed by atoms with Crippen molar-refractivity contribution in [1.82, 2.24) is 5.32 Å². The van der Waals surface area contributed by atoms with E-state index < -0.39 is 0 Å². The number of nitrogens with one attached hydrogen (secondary N) is 1. The second-order valence-electron chi connectivity index (χ2n) is 6.24. The molecule has 2 bridgehead atoms. The third kappa shape index (κ3) is 1.36. The summed E-state index contributed by atoms with van der Waals surface area (Å²) in [6, 6.07) is 0. The molecule has 17 heavy (non-hydrogen) atoms. The predicted octanol–water partition coefficient (Wildman–Crippen LogP) is 2.07. The number of hydrogen-bond acceptors (Lipinski definition) is 4.